The minimum Gasteiger partial charge on any atom is -0.457 e. The quantitative estimate of drug-likeness (QED) is 0.492. The molecule has 0 saturated carbocycles. The van der Waals surface area contributed by atoms with Gasteiger partial charge in [0.15, 0.2) is 0 Å². The number of hydrogen-bond acceptors (Lipinski definition) is 4. The first kappa shape index (κ1) is 12.9. The fourth-order valence-electron chi connectivity index (χ4n) is 1.81. The van der Waals surface area contributed by atoms with Gasteiger partial charge in [0.25, 0.3) is 0 Å². The molecule has 0 atom stereocenters. The van der Waals surface area contributed by atoms with E-state index in [0.29, 0.717) is 10.8 Å². The molecule has 0 amide bonds. The van der Waals surface area contributed by atoms with Gasteiger partial charge in [0.1, 0.15) is 11.3 Å². The van der Waals surface area contributed by atoms with Crippen molar-refractivity contribution in [2.75, 3.05) is 0 Å². The monoisotopic (exact) mass is 305 g/mol. The van der Waals surface area contributed by atoms with Gasteiger partial charge in [-0.2, -0.15) is 0 Å². The van der Waals surface area contributed by atoms with E-state index in [2.05, 4.69) is 0 Å². The van der Waals surface area contributed by atoms with Gasteiger partial charge in [-0.25, -0.2) is 0 Å². The SMILES string of the molecule is O=[N+]([O-])c1ccc(C=Cc2cc3cc(Cl)ccc3o2)s1. The number of fused-ring (bicyclic) bond motifs is 1. The van der Waals surface area contributed by atoms with Gasteiger partial charge < -0.3 is 4.42 Å². The van der Waals surface area contributed by atoms with Gasteiger partial charge in [0.2, 0.25) is 0 Å². The number of furan rings is 1. The summed E-state index contributed by atoms with van der Waals surface area (Å²) in [5.74, 6) is 0.679. The molecule has 3 rings (SSSR count). The number of benzene rings is 1. The first-order chi connectivity index (χ1) is 9.61. The summed E-state index contributed by atoms with van der Waals surface area (Å²) in [4.78, 5) is 11.0. The second kappa shape index (κ2) is 5.11. The fraction of sp³-hybridized carbons (Fsp3) is 0. The van der Waals surface area contributed by atoms with Crippen LogP contribution in [-0.4, -0.2) is 4.92 Å². The van der Waals surface area contributed by atoms with Crippen LogP contribution in [0.25, 0.3) is 23.1 Å². The molecule has 0 bridgehead atoms. The van der Waals surface area contributed by atoms with Gasteiger partial charge in [-0.15, -0.1) is 0 Å². The van der Waals surface area contributed by atoms with E-state index in [9.17, 15) is 10.1 Å². The topological polar surface area (TPSA) is 56.3 Å². The lowest BCUT2D eigenvalue weighted by Gasteiger charge is -1.87. The van der Waals surface area contributed by atoms with Crippen molar-refractivity contribution in [1.29, 1.82) is 0 Å². The molecule has 0 N–H and O–H groups in total. The smallest absolute Gasteiger partial charge is 0.324 e. The Morgan fingerprint density at radius 2 is 2.05 bits per heavy atom. The van der Waals surface area contributed by atoms with Gasteiger partial charge in [-0.1, -0.05) is 22.9 Å². The number of nitrogens with zero attached hydrogens (tertiary/aromatic N) is 1. The molecule has 20 heavy (non-hydrogen) atoms. The van der Waals surface area contributed by atoms with Crippen LogP contribution in [0.5, 0.6) is 0 Å². The molecular weight excluding hydrogens is 298 g/mol. The van der Waals surface area contributed by atoms with E-state index in [4.69, 9.17) is 16.0 Å². The zero-order valence-electron chi connectivity index (χ0n) is 10.1. The van der Waals surface area contributed by atoms with E-state index in [1.54, 1.807) is 24.3 Å². The summed E-state index contributed by atoms with van der Waals surface area (Å²) < 4.78 is 5.62. The Bertz CT molecular complexity index is 819. The van der Waals surface area contributed by atoms with Crippen molar-refractivity contribution in [3.05, 3.63) is 62.2 Å². The van der Waals surface area contributed by atoms with E-state index in [1.165, 1.54) is 6.07 Å². The third-order valence-electron chi connectivity index (χ3n) is 2.70. The van der Waals surface area contributed by atoms with Gasteiger partial charge in [-0.3, -0.25) is 10.1 Å². The van der Waals surface area contributed by atoms with Crippen LogP contribution in [0.1, 0.15) is 10.6 Å². The zero-order valence-corrected chi connectivity index (χ0v) is 11.6. The average Bonchev–Trinajstić information content (AvgIpc) is 3.01. The van der Waals surface area contributed by atoms with Gasteiger partial charge in [-0.05, 0) is 42.5 Å². The zero-order chi connectivity index (χ0) is 14.1. The van der Waals surface area contributed by atoms with Crippen LogP contribution in [-0.2, 0) is 0 Å². The van der Waals surface area contributed by atoms with E-state index in [1.807, 2.05) is 18.2 Å². The van der Waals surface area contributed by atoms with E-state index < -0.39 is 4.92 Å². The van der Waals surface area contributed by atoms with Crippen LogP contribution in [0.15, 0.2) is 40.8 Å². The van der Waals surface area contributed by atoms with Crippen LogP contribution >= 0.6 is 22.9 Å². The fourth-order valence-corrected chi connectivity index (χ4v) is 2.72. The lowest BCUT2D eigenvalue weighted by Crippen LogP contribution is -1.80. The van der Waals surface area contributed by atoms with Crippen LogP contribution in [0, 0.1) is 10.1 Å². The second-order valence-corrected chi connectivity index (χ2v) is 5.63. The summed E-state index contributed by atoms with van der Waals surface area (Å²) in [5.41, 5.74) is 0.756. The van der Waals surface area contributed by atoms with Gasteiger partial charge >= 0.3 is 5.00 Å². The minimum absolute atomic E-state index is 0.126. The Kier molecular flexibility index (Phi) is 3.30. The van der Waals surface area contributed by atoms with Gasteiger partial charge in [0, 0.05) is 21.4 Å². The molecule has 2 aromatic heterocycles. The predicted octanol–water partition coefficient (Wildman–Crippen LogP) is 5.23. The number of nitro groups is 1. The Balaban J connectivity index is 1.87. The summed E-state index contributed by atoms with van der Waals surface area (Å²) in [7, 11) is 0. The van der Waals surface area contributed by atoms with Crippen molar-refractivity contribution >= 4 is 51.1 Å². The van der Waals surface area contributed by atoms with Crippen molar-refractivity contribution in [2.45, 2.75) is 0 Å². The van der Waals surface area contributed by atoms with Crippen molar-refractivity contribution in [2.24, 2.45) is 0 Å². The Morgan fingerprint density at radius 1 is 1.20 bits per heavy atom. The van der Waals surface area contributed by atoms with Crippen LogP contribution < -0.4 is 0 Å². The average molecular weight is 306 g/mol. The van der Waals surface area contributed by atoms with Crippen LogP contribution in [0.3, 0.4) is 0 Å². The molecule has 1 aromatic carbocycles. The molecule has 0 unspecified atom stereocenters. The molecule has 0 radical (unpaired) electrons. The molecule has 2 heterocycles. The lowest BCUT2D eigenvalue weighted by atomic mass is 10.2. The maximum Gasteiger partial charge on any atom is 0.324 e. The second-order valence-electron chi connectivity index (χ2n) is 4.10. The molecule has 4 nitrogen and oxygen atoms in total. The van der Waals surface area contributed by atoms with Crippen molar-refractivity contribution in [1.82, 2.24) is 0 Å². The van der Waals surface area contributed by atoms with E-state index >= 15 is 0 Å². The lowest BCUT2D eigenvalue weighted by molar-refractivity contribution is -0.380. The summed E-state index contributed by atoms with van der Waals surface area (Å²) in [6, 6.07) is 10.5. The molecule has 0 aliphatic rings. The van der Waals surface area contributed by atoms with Crippen LogP contribution in [0.2, 0.25) is 5.02 Å². The largest absolute Gasteiger partial charge is 0.457 e. The molecular formula is C14H8ClNO3S. The highest BCUT2D eigenvalue weighted by Crippen LogP contribution is 2.27. The molecule has 3 aromatic rings. The summed E-state index contributed by atoms with van der Waals surface area (Å²) in [6.07, 6.45) is 3.57. The Hall–Kier alpha value is -2.11. The van der Waals surface area contributed by atoms with Gasteiger partial charge in [0.05, 0.1) is 4.92 Å². The molecule has 0 aliphatic carbocycles. The number of thiophene rings is 1. The normalized spacial score (nSPS) is 11.4. The van der Waals surface area contributed by atoms with Crippen molar-refractivity contribution in [3.8, 4) is 0 Å². The molecule has 0 saturated heterocycles. The molecule has 0 aliphatic heterocycles. The molecule has 0 fully saturated rings. The highest BCUT2D eigenvalue weighted by molar-refractivity contribution is 7.16. The minimum atomic E-state index is -0.398. The standard InChI is InChI=1S/C14H8ClNO3S/c15-10-1-5-13-9(7-10)8-11(19-13)2-3-12-4-6-14(20-12)16(17)18/h1-8H. The Morgan fingerprint density at radius 3 is 2.80 bits per heavy atom. The van der Waals surface area contributed by atoms with Crippen LogP contribution in [0.4, 0.5) is 5.00 Å². The Labute approximate surface area is 123 Å². The molecule has 0 spiro atoms. The summed E-state index contributed by atoms with van der Waals surface area (Å²) >= 11 is 7.03. The third-order valence-corrected chi connectivity index (χ3v) is 3.94. The highest BCUT2D eigenvalue weighted by Gasteiger charge is 2.08. The molecule has 6 heteroatoms. The highest BCUT2D eigenvalue weighted by atomic mass is 35.5. The van der Waals surface area contributed by atoms with Crippen molar-refractivity contribution < 1.29 is 9.34 Å². The summed E-state index contributed by atoms with van der Waals surface area (Å²) in [6.45, 7) is 0. The molecule has 100 valence electrons. The first-order valence-corrected chi connectivity index (χ1v) is 6.93. The van der Waals surface area contributed by atoms with E-state index in [-0.39, 0.29) is 5.00 Å². The predicted molar refractivity (Wildman–Crippen MR) is 81.1 cm³/mol. The summed E-state index contributed by atoms with van der Waals surface area (Å²) in [5, 5.41) is 12.3. The first-order valence-electron chi connectivity index (χ1n) is 5.73. The number of rotatable bonds is 3. The van der Waals surface area contributed by atoms with Crippen molar-refractivity contribution in [3.63, 3.8) is 0 Å². The maximum atomic E-state index is 10.6. The number of hydrogen-bond donors (Lipinski definition) is 0. The number of halogens is 1. The maximum absolute atomic E-state index is 10.6. The van der Waals surface area contributed by atoms with E-state index in [0.717, 1.165) is 27.2 Å². The third kappa shape index (κ3) is 2.59.